The van der Waals surface area contributed by atoms with Gasteiger partial charge in [0.25, 0.3) is 0 Å². The summed E-state index contributed by atoms with van der Waals surface area (Å²) in [4.78, 5) is 12.3. The van der Waals surface area contributed by atoms with Crippen molar-refractivity contribution in [2.75, 3.05) is 0 Å². The van der Waals surface area contributed by atoms with Gasteiger partial charge in [0.15, 0.2) is 0 Å². The highest BCUT2D eigenvalue weighted by atomic mass is 79.9. The standard InChI is InChI=1S/C16H13BrN2O/c17-12-6-7-15-14(8-12)16(20)11(9-18)10-19(15)13-4-2-1-3-5-13/h2,4,6-8,10,13H,1,3,5H2. The second-order valence-electron chi connectivity index (χ2n) is 4.98. The first-order valence-electron chi connectivity index (χ1n) is 6.62. The first-order chi connectivity index (χ1) is 9.70. The van der Waals surface area contributed by atoms with E-state index in [1.165, 1.54) is 0 Å². The molecule has 0 N–H and O–H groups in total. The van der Waals surface area contributed by atoms with Gasteiger partial charge >= 0.3 is 0 Å². The van der Waals surface area contributed by atoms with Crippen molar-refractivity contribution in [1.82, 2.24) is 4.57 Å². The minimum Gasteiger partial charge on any atom is -0.339 e. The van der Waals surface area contributed by atoms with Crippen LogP contribution in [0, 0.1) is 11.3 Å². The number of aromatic nitrogens is 1. The molecule has 0 saturated carbocycles. The normalized spacial score (nSPS) is 18.1. The summed E-state index contributed by atoms with van der Waals surface area (Å²) in [6.07, 6.45) is 9.30. The molecule has 0 saturated heterocycles. The molecular formula is C16H13BrN2O. The van der Waals surface area contributed by atoms with E-state index in [1.54, 1.807) is 12.3 Å². The van der Waals surface area contributed by atoms with Crippen molar-refractivity contribution >= 4 is 26.8 Å². The van der Waals surface area contributed by atoms with Gasteiger partial charge in [-0.1, -0.05) is 28.1 Å². The Morgan fingerprint density at radius 3 is 2.95 bits per heavy atom. The highest BCUT2D eigenvalue weighted by molar-refractivity contribution is 9.10. The Hall–Kier alpha value is -1.86. The molecule has 0 radical (unpaired) electrons. The number of pyridine rings is 1. The highest BCUT2D eigenvalue weighted by Gasteiger charge is 2.15. The van der Waals surface area contributed by atoms with E-state index in [0.29, 0.717) is 5.39 Å². The van der Waals surface area contributed by atoms with Crippen LogP contribution in [0.15, 0.2) is 45.8 Å². The van der Waals surface area contributed by atoms with Gasteiger partial charge in [0, 0.05) is 16.1 Å². The molecule has 20 heavy (non-hydrogen) atoms. The Morgan fingerprint density at radius 1 is 1.40 bits per heavy atom. The molecule has 1 aromatic carbocycles. The summed E-state index contributed by atoms with van der Waals surface area (Å²) < 4.78 is 2.90. The number of hydrogen-bond acceptors (Lipinski definition) is 2. The van der Waals surface area contributed by atoms with E-state index < -0.39 is 0 Å². The molecule has 1 unspecified atom stereocenters. The Kier molecular flexibility index (Phi) is 3.45. The van der Waals surface area contributed by atoms with Gasteiger partial charge in [-0.15, -0.1) is 0 Å². The summed E-state index contributed by atoms with van der Waals surface area (Å²) in [5, 5.41) is 9.77. The molecule has 3 rings (SSSR count). The molecule has 1 atom stereocenters. The van der Waals surface area contributed by atoms with Gasteiger partial charge in [0.2, 0.25) is 5.43 Å². The van der Waals surface area contributed by atoms with E-state index >= 15 is 0 Å². The van der Waals surface area contributed by atoms with Crippen LogP contribution in [0.5, 0.6) is 0 Å². The van der Waals surface area contributed by atoms with E-state index in [-0.39, 0.29) is 17.0 Å². The lowest BCUT2D eigenvalue weighted by atomic mass is 10.0. The molecule has 0 spiro atoms. The zero-order valence-electron chi connectivity index (χ0n) is 10.8. The van der Waals surface area contributed by atoms with Gasteiger partial charge in [-0.25, -0.2) is 0 Å². The van der Waals surface area contributed by atoms with Gasteiger partial charge in [0.05, 0.1) is 11.6 Å². The van der Waals surface area contributed by atoms with E-state index in [0.717, 1.165) is 29.3 Å². The molecule has 3 nitrogen and oxygen atoms in total. The second kappa shape index (κ2) is 5.26. The number of hydrogen-bond donors (Lipinski definition) is 0. The maximum absolute atomic E-state index is 12.3. The Bertz CT molecular complexity index is 798. The number of nitriles is 1. The number of rotatable bonds is 1. The maximum Gasteiger partial charge on any atom is 0.207 e. The molecule has 4 heteroatoms. The molecule has 0 aliphatic heterocycles. The summed E-state index contributed by atoms with van der Waals surface area (Å²) in [6, 6.07) is 7.89. The van der Waals surface area contributed by atoms with Gasteiger partial charge in [-0.05, 0) is 37.5 Å². The maximum atomic E-state index is 12.3. The SMILES string of the molecule is N#Cc1cn(C2C=CCCC2)c2ccc(Br)cc2c1=O. The van der Waals surface area contributed by atoms with Crippen LogP contribution in [0.1, 0.15) is 30.9 Å². The van der Waals surface area contributed by atoms with E-state index in [9.17, 15) is 10.1 Å². The van der Waals surface area contributed by atoms with Crippen LogP contribution in [0.25, 0.3) is 10.9 Å². The molecule has 0 amide bonds. The predicted molar refractivity (Wildman–Crippen MR) is 82.7 cm³/mol. The van der Waals surface area contributed by atoms with Crippen molar-refractivity contribution in [2.45, 2.75) is 25.3 Å². The molecule has 0 bridgehead atoms. The Balaban J connectivity index is 2.34. The van der Waals surface area contributed by atoms with Gasteiger partial charge in [-0.3, -0.25) is 4.79 Å². The number of fused-ring (bicyclic) bond motifs is 1. The third-order valence-electron chi connectivity index (χ3n) is 3.70. The molecule has 100 valence electrons. The van der Waals surface area contributed by atoms with Crippen molar-refractivity contribution in [3.8, 4) is 6.07 Å². The summed E-state index contributed by atoms with van der Waals surface area (Å²) in [6.45, 7) is 0. The van der Waals surface area contributed by atoms with Crippen molar-refractivity contribution in [2.24, 2.45) is 0 Å². The van der Waals surface area contributed by atoms with Crippen molar-refractivity contribution in [3.05, 3.63) is 56.8 Å². The number of allylic oxidation sites excluding steroid dienone is 2. The number of benzene rings is 1. The largest absolute Gasteiger partial charge is 0.339 e. The first kappa shape index (κ1) is 13.1. The predicted octanol–water partition coefficient (Wildman–Crippen LogP) is 3.92. The van der Waals surface area contributed by atoms with Crippen LogP contribution in [-0.4, -0.2) is 4.57 Å². The molecular weight excluding hydrogens is 316 g/mol. The minimum atomic E-state index is -0.195. The average Bonchev–Trinajstić information content (AvgIpc) is 2.49. The van der Waals surface area contributed by atoms with Gasteiger partial charge in [0.1, 0.15) is 11.6 Å². The summed E-state index contributed by atoms with van der Waals surface area (Å²) in [5.41, 5.74) is 0.892. The monoisotopic (exact) mass is 328 g/mol. The quantitative estimate of drug-likeness (QED) is 0.745. The molecule has 1 heterocycles. The fourth-order valence-electron chi connectivity index (χ4n) is 2.71. The van der Waals surface area contributed by atoms with Crippen LogP contribution in [0.4, 0.5) is 0 Å². The molecule has 1 aromatic heterocycles. The van der Waals surface area contributed by atoms with Gasteiger partial charge < -0.3 is 4.57 Å². The summed E-state index contributed by atoms with van der Waals surface area (Å²) >= 11 is 3.39. The molecule has 1 aliphatic rings. The lowest BCUT2D eigenvalue weighted by molar-refractivity contribution is 0.528. The van der Waals surface area contributed by atoms with E-state index in [4.69, 9.17) is 0 Å². The van der Waals surface area contributed by atoms with E-state index in [1.807, 2.05) is 18.2 Å². The lowest BCUT2D eigenvalue weighted by Crippen LogP contribution is -2.17. The van der Waals surface area contributed by atoms with Crippen LogP contribution in [0.2, 0.25) is 0 Å². The topological polar surface area (TPSA) is 45.8 Å². The lowest BCUT2D eigenvalue weighted by Gasteiger charge is -2.22. The van der Waals surface area contributed by atoms with Crippen LogP contribution >= 0.6 is 15.9 Å². The van der Waals surface area contributed by atoms with Crippen molar-refractivity contribution in [3.63, 3.8) is 0 Å². The number of nitrogens with zero attached hydrogens (tertiary/aromatic N) is 2. The highest BCUT2D eigenvalue weighted by Crippen LogP contribution is 2.27. The first-order valence-corrected chi connectivity index (χ1v) is 7.41. The molecule has 0 fully saturated rings. The van der Waals surface area contributed by atoms with Crippen molar-refractivity contribution in [1.29, 1.82) is 5.26 Å². The Morgan fingerprint density at radius 2 is 2.25 bits per heavy atom. The third kappa shape index (κ3) is 2.19. The zero-order valence-corrected chi connectivity index (χ0v) is 12.4. The smallest absolute Gasteiger partial charge is 0.207 e. The van der Waals surface area contributed by atoms with Crippen LogP contribution in [0.3, 0.4) is 0 Å². The van der Waals surface area contributed by atoms with Crippen LogP contribution < -0.4 is 5.43 Å². The zero-order chi connectivity index (χ0) is 14.1. The van der Waals surface area contributed by atoms with Crippen molar-refractivity contribution < 1.29 is 0 Å². The molecule has 2 aromatic rings. The second-order valence-corrected chi connectivity index (χ2v) is 5.89. The van der Waals surface area contributed by atoms with Gasteiger partial charge in [-0.2, -0.15) is 5.26 Å². The third-order valence-corrected chi connectivity index (χ3v) is 4.19. The number of halogens is 1. The summed E-state index contributed by atoms with van der Waals surface area (Å²) in [5.74, 6) is 0. The average molecular weight is 329 g/mol. The van der Waals surface area contributed by atoms with E-state index in [2.05, 4.69) is 32.6 Å². The van der Waals surface area contributed by atoms with Crippen LogP contribution in [-0.2, 0) is 0 Å². The molecule has 1 aliphatic carbocycles. The fourth-order valence-corrected chi connectivity index (χ4v) is 3.07. The minimum absolute atomic E-state index is 0.195. The summed E-state index contributed by atoms with van der Waals surface area (Å²) in [7, 11) is 0. The Labute approximate surface area is 125 Å². The fraction of sp³-hybridized carbons (Fsp3) is 0.250.